The smallest absolute Gasteiger partial charge is 0.326 e. The number of amides is 2. The number of fused-ring (bicyclic) bond motifs is 1. The van der Waals surface area contributed by atoms with E-state index < -0.39 is 24.3 Å². The van der Waals surface area contributed by atoms with E-state index in [1.165, 1.54) is 22.7 Å². The maximum Gasteiger partial charge on any atom is 0.326 e. The van der Waals surface area contributed by atoms with Crippen molar-refractivity contribution >= 4 is 52.5 Å². The van der Waals surface area contributed by atoms with Crippen LogP contribution in [-0.4, -0.2) is 36.7 Å². The van der Waals surface area contributed by atoms with Gasteiger partial charge in [-0.1, -0.05) is 23.7 Å². The minimum absolute atomic E-state index is 0.0303. The monoisotopic (exact) mass is 408 g/mol. The zero-order valence-electron chi connectivity index (χ0n) is 13.9. The van der Waals surface area contributed by atoms with E-state index in [9.17, 15) is 18.8 Å². The van der Waals surface area contributed by atoms with E-state index in [1.54, 1.807) is 12.1 Å². The van der Waals surface area contributed by atoms with E-state index in [0.717, 1.165) is 17.0 Å². The first-order valence-corrected chi connectivity index (χ1v) is 9.23. The Morgan fingerprint density at radius 1 is 1.26 bits per heavy atom. The van der Waals surface area contributed by atoms with Crippen LogP contribution in [0.25, 0.3) is 0 Å². The number of anilines is 2. The molecule has 0 unspecified atom stereocenters. The fourth-order valence-corrected chi connectivity index (χ4v) is 3.58. The maximum absolute atomic E-state index is 13.0. The van der Waals surface area contributed by atoms with Crippen molar-refractivity contribution in [1.29, 1.82) is 0 Å². The Bertz CT molecular complexity index is 909. The van der Waals surface area contributed by atoms with Gasteiger partial charge in [-0.2, -0.15) is 0 Å². The Kier molecular flexibility index (Phi) is 5.98. The van der Waals surface area contributed by atoms with Gasteiger partial charge in [-0.15, -0.1) is 11.8 Å². The van der Waals surface area contributed by atoms with Gasteiger partial charge >= 0.3 is 5.97 Å². The molecule has 0 saturated heterocycles. The molecule has 3 rings (SSSR count). The molecular formula is C18H14ClFN2O4S. The number of nitrogens with zero attached hydrogens (tertiary/aromatic N) is 1. The van der Waals surface area contributed by atoms with Gasteiger partial charge in [0.05, 0.1) is 22.2 Å². The topological polar surface area (TPSA) is 75.7 Å². The highest BCUT2D eigenvalue weighted by atomic mass is 35.5. The van der Waals surface area contributed by atoms with E-state index in [0.29, 0.717) is 5.69 Å². The molecule has 0 fully saturated rings. The molecule has 27 heavy (non-hydrogen) atoms. The third kappa shape index (κ3) is 4.78. The zero-order chi connectivity index (χ0) is 19.4. The van der Waals surface area contributed by atoms with Crippen molar-refractivity contribution in [2.24, 2.45) is 0 Å². The summed E-state index contributed by atoms with van der Waals surface area (Å²) in [6, 6.07) is 10.7. The van der Waals surface area contributed by atoms with E-state index >= 15 is 0 Å². The van der Waals surface area contributed by atoms with Crippen LogP contribution in [0.15, 0.2) is 47.4 Å². The summed E-state index contributed by atoms with van der Waals surface area (Å²) in [4.78, 5) is 38.3. The van der Waals surface area contributed by atoms with Gasteiger partial charge in [0.1, 0.15) is 12.4 Å². The molecule has 1 heterocycles. The third-order valence-electron chi connectivity index (χ3n) is 3.66. The number of hydrogen-bond donors (Lipinski definition) is 1. The van der Waals surface area contributed by atoms with Crippen LogP contribution in [0, 0.1) is 5.82 Å². The van der Waals surface area contributed by atoms with Gasteiger partial charge in [0, 0.05) is 4.90 Å². The summed E-state index contributed by atoms with van der Waals surface area (Å²) >= 11 is 7.22. The minimum atomic E-state index is -0.717. The standard InChI is InChI=1S/C18H14ClFN2O4S/c19-12-7-11(20)5-6-13(12)21-16(23)9-26-18(25)8-22-14-3-1-2-4-15(14)27-10-17(22)24/h1-7H,8-10H2,(H,21,23). The molecule has 0 aromatic heterocycles. The Labute approximate surface area is 163 Å². The second-order valence-corrected chi connectivity index (χ2v) is 6.99. The Morgan fingerprint density at radius 3 is 2.81 bits per heavy atom. The fraction of sp³-hybridized carbons (Fsp3) is 0.167. The largest absolute Gasteiger partial charge is 0.454 e. The number of carbonyl (C=O) groups is 3. The van der Waals surface area contributed by atoms with E-state index in [2.05, 4.69) is 5.32 Å². The highest BCUT2D eigenvalue weighted by Gasteiger charge is 2.26. The number of esters is 1. The number of carbonyl (C=O) groups excluding carboxylic acids is 3. The molecule has 0 saturated carbocycles. The average Bonchev–Trinajstić information content (AvgIpc) is 2.65. The van der Waals surface area contributed by atoms with Crippen molar-refractivity contribution in [2.45, 2.75) is 4.90 Å². The van der Waals surface area contributed by atoms with Gasteiger partial charge in [-0.3, -0.25) is 19.3 Å². The summed E-state index contributed by atoms with van der Waals surface area (Å²) in [5.74, 6) is -1.86. The molecule has 0 atom stereocenters. The second kappa shape index (κ2) is 8.41. The van der Waals surface area contributed by atoms with Crippen molar-refractivity contribution < 1.29 is 23.5 Å². The number of halogens is 2. The van der Waals surface area contributed by atoms with E-state index in [4.69, 9.17) is 16.3 Å². The summed E-state index contributed by atoms with van der Waals surface area (Å²) in [6.45, 7) is -0.841. The normalized spacial score (nSPS) is 13.1. The lowest BCUT2D eigenvalue weighted by molar-refractivity contribution is -0.146. The zero-order valence-corrected chi connectivity index (χ0v) is 15.5. The summed E-state index contributed by atoms with van der Waals surface area (Å²) in [6.07, 6.45) is 0. The molecule has 2 aromatic rings. The summed E-state index contributed by atoms with van der Waals surface area (Å²) < 4.78 is 17.9. The molecule has 1 aliphatic rings. The molecule has 9 heteroatoms. The second-order valence-electron chi connectivity index (χ2n) is 5.57. The van der Waals surface area contributed by atoms with Crippen molar-refractivity contribution in [2.75, 3.05) is 29.1 Å². The molecule has 1 N–H and O–H groups in total. The summed E-state index contributed by atoms with van der Waals surface area (Å²) in [5, 5.41) is 2.45. The van der Waals surface area contributed by atoms with Crippen LogP contribution in [0.5, 0.6) is 0 Å². The van der Waals surface area contributed by atoms with Crippen LogP contribution in [0.4, 0.5) is 15.8 Å². The first-order chi connectivity index (χ1) is 12.9. The Balaban J connectivity index is 1.55. The van der Waals surface area contributed by atoms with Crippen LogP contribution in [-0.2, 0) is 19.1 Å². The lowest BCUT2D eigenvalue weighted by Crippen LogP contribution is -2.40. The molecule has 2 amide bonds. The molecule has 140 valence electrons. The molecular weight excluding hydrogens is 395 g/mol. The van der Waals surface area contributed by atoms with Gasteiger partial charge in [0.2, 0.25) is 5.91 Å². The Hall–Kier alpha value is -2.58. The lowest BCUT2D eigenvalue weighted by atomic mass is 10.2. The number of thioether (sulfide) groups is 1. The van der Waals surface area contributed by atoms with Gasteiger partial charge in [0.25, 0.3) is 5.91 Å². The highest BCUT2D eigenvalue weighted by molar-refractivity contribution is 8.00. The number of benzene rings is 2. The summed E-state index contributed by atoms with van der Waals surface area (Å²) in [7, 11) is 0. The molecule has 0 spiro atoms. The van der Waals surface area contributed by atoms with E-state index in [-0.39, 0.29) is 28.9 Å². The van der Waals surface area contributed by atoms with Crippen molar-refractivity contribution in [1.82, 2.24) is 0 Å². The predicted molar refractivity (Wildman–Crippen MR) is 101 cm³/mol. The first-order valence-electron chi connectivity index (χ1n) is 7.87. The van der Waals surface area contributed by atoms with Gasteiger partial charge in [-0.25, -0.2) is 4.39 Å². The number of para-hydroxylation sites is 1. The number of ether oxygens (including phenoxy) is 1. The SMILES string of the molecule is O=C(COC(=O)CN1C(=O)CSc2ccccc21)Nc1ccc(F)cc1Cl. The maximum atomic E-state index is 13.0. The fourth-order valence-electron chi connectivity index (χ4n) is 2.43. The van der Waals surface area contributed by atoms with Crippen LogP contribution in [0.2, 0.25) is 5.02 Å². The van der Waals surface area contributed by atoms with Gasteiger partial charge < -0.3 is 10.1 Å². The third-order valence-corrected chi connectivity index (χ3v) is 5.03. The van der Waals surface area contributed by atoms with Gasteiger partial charge in [-0.05, 0) is 30.3 Å². The highest BCUT2D eigenvalue weighted by Crippen LogP contribution is 2.34. The number of nitrogens with one attached hydrogen (secondary N) is 1. The van der Waals surface area contributed by atoms with Gasteiger partial charge in [0.15, 0.2) is 6.61 Å². The molecule has 0 aliphatic carbocycles. The molecule has 0 radical (unpaired) electrons. The Morgan fingerprint density at radius 2 is 2.04 bits per heavy atom. The van der Waals surface area contributed by atoms with Crippen molar-refractivity contribution in [3.63, 3.8) is 0 Å². The number of hydrogen-bond acceptors (Lipinski definition) is 5. The predicted octanol–water partition coefficient (Wildman–Crippen LogP) is 3.10. The van der Waals surface area contributed by atoms with Crippen LogP contribution in [0.3, 0.4) is 0 Å². The molecule has 2 aromatic carbocycles. The lowest BCUT2D eigenvalue weighted by Gasteiger charge is -2.27. The summed E-state index contributed by atoms with van der Waals surface area (Å²) in [5.41, 5.74) is 0.842. The van der Waals surface area contributed by atoms with Crippen LogP contribution >= 0.6 is 23.4 Å². The van der Waals surface area contributed by atoms with Crippen molar-refractivity contribution in [3.8, 4) is 0 Å². The molecule has 6 nitrogen and oxygen atoms in total. The first kappa shape index (κ1) is 19.2. The van der Waals surface area contributed by atoms with Crippen LogP contribution in [0.1, 0.15) is 0 Å². The van der Waals surface area contributed by atoms with Crippen molar-refractivity contribution in [3.05, 3.63) is 53.3 Å². The molecule has 0 bridgehead atoms. The quantitative estimate of drug-likeness (QED) is 0.769. The molecule has 1 aliphatic heterocycles. The van der Waals surface area contributed by atoms with E-state index in [1.807, 2.05) is 12.1 Å². The average molecular weight is 409 g/mol. The minimum Gasteiger partial charge on any atom is -0.454 e. The van der Waals surface area contributed by atoms with Crippen LogP contribution < -0.4 is 10.2 Å². The number of rotatable bonds is 5.